The first-order valence-electron chi connectivity index (χ1n) is 8.72. The van der Waals surface area contributed by atoms with Gasteiger partial charge in [0.05, 0.1) is 6.21 Å². The predicted molar refractivity (Wildman–Crippen MR) is 116 cm³/mol. The van der Waals surface area contributed by atoms with Gasteiger partial charge in [-0.2, -0.15) is 16.9 Å². The van der Waals surface area contributed by atoms with Crippen molar-refractivity contribution in [2.75, 3.05) is 24.6 Å². The summed E-state index contributed by atoms with van der Waals surface area (Å²) in [4.78, 5) is 2.50. The van der Waals surface area contributed by atoms with Gasteiger partial charge < -0.3 is 5.73 Å². The minimum atomic E-state index is 0.479. The Balaban J connectivity index is 1.51. The Morgan fingerprint density at radius 3 is 2.65 bits per heavy atom. The van der Waals surface area contributed by atoms with Gasteiger partial charge in [-0.15, -0.1) is 5.10 Å². The Bertz CT molecular complexity index is 740. The molecular weight excluding hydrogens is 360 g/mol. The molecule has 0 radical (unpaired) electrons. The second-order valence-electron chi connectivity index (χ2n) is 6.09. The van der Waals surface area contributed by atoms with E-state index in [0.717, 1.165) is 17.9 Å². The summed E-state index contributed by atoms with van der Waals surface area (Å²) in [6.45, 7) is 3.34. The highest BCUT2D eigenvalue weighted by Crippen LogP contribution is 2.14. The molecule has 0 saturated carbocycles. The Labute approximate surface area is 164 Å². The number of nitrogens with two attached hydrogens (primary N) is 1. The van der Waals surface area contributed by atoms with E-state index in [2.05, 4.69) is 45.4 Å². The molecule has 0 atom stereocenters. The maximum absolute atomic E-state index is 5.93. The fourth-order valence-corrected chi connectivity index (χ4v) is 4.29. The summed E-state index contributed by atoms with van der Waals surface area (Å²) in [6, 6.07) is 18.7. The summed E-state index contributed by atoms with van der Waals surface area (Å²) in [5.41, 5.74) is 9.53. The number of hydrogen-bond donors (Lipinski definition) is 1. The van der Waals surface area contributed by atoms with Crippen LogP contribution in [0.1, 0.15) is 16.7 Å². The largest absolute Gasteiger partial charge is 0.377 e. The van der Waals surface area contributed by atoms with E-state index in [-0.39, 0.29) is 0 Å². The standard InChI is InChI=1S/C20H24N4S2/c21-20(26-16-17-5-2-1-3-6-17)23-22-14-18-7-4-8-19(13-18)15-24-9-11-25-12-10-24/h1-8,13-14H,9-12,15-16H2,(H2,21,23). The van der Waals surface area contributed by atoms with Gasteiger partial charge in [-0.1, -0.05) is 60.3 Å². The van der Waals surface area contributed by atoms with Crippen molar-refractivity contribution < 1.29 is 0 Å². The Morgan fingerprint density at radius 1 is 1.08 bits per heavy atom. The molecule has 1 fully saturated rings. The molecule has 3 rings (SSSR count). The maximum atomic E-state index is 5.93. The van der Waals surface area contributed by atoms with E-state index < -0.39 is 0 Å². The van der Waals surface area contributed by atoms with Gasteiger partial charge in [-0.3, -0.25) is 4.90 Å². The van der Waals surface area contributed by atoms with Gasteiger partial charge in [-0.05, 0) is 22.8 Å². The van der Waals surface area contributed by atoms with E-state index in [4.69, 9.17) is 5.73 Å². The lowest BCUT2D eigenvalue weighted by atomic mass is 10.1. The quantitative estimate of drug-likeness (QED) is 0.467. The highest BCUT2D eigenvalue weighted by atomic mass is 32.2. The van der Waals surface area contributed by atoms with Crippen LogP contribution in [0.3, 0.4) is 0 Å². The lowest BCUT2D eigenvalue weighted by molar-refractivity contribution is 0.294. The zero-order valence-corrected chi connectivity index (χ0v) is 16.4. The molecule has 26 heavy (non-hydrogen) atoms. The van der Waals surface area contributed by atoms with Crippen LogP contribution in [0.5, 0.6) is 0 Å². The molecule has 1 heterocycles. The number of benzene rings is 2. The summed E-state index contributed by atoms with van der Waals surface area (Å²) in [5.74, 6) is 3.26. The minimum absolute atomic E-state index is 0.479. The molecule has 136 valence electrons. The van der Waals surface area contributed by atoms with Crippen molar-refractivity contribution in [3.05, 3.63) is 71.3 Å². The Hall–Kier alpha value is -1.76. The van der Waals surface area contributed by atoms with Crippen LogP contribution in [0, 0.1) is 0 Å². The maximum Gasteiger partial charge on any atom is 0.180 e. The van der Waals surface area contributed by atoms with Crippen LogP contribution in [0.4, 0.5) is 0 Å². The fraction of sp³-hybridized carbons (Fsp3) is 0.300. The van der Waals surface area contributed by atoms with Crippen molar-refractivity contribution in [1.82, 2.24) is 4.90 Å². The summed E-state index contributed by atoms with van der Waals surface area (Å²) in [6.07, 6.45) is 1.77. The number of amidine groups is 1. The van der Waals surface area contributed by atoms with Crippen molar-refractivity contribution in [2.24, 2.45) is 15.9 Å². The summed E-state index contributed by atoms with van der Waals surface area (Å²) < 4.78 is 0. The van der Waals surface area contributed by atoms with E-state index in [9.17, 15) is 0 Å². The second kappa shape index (κ2) is 10.4. The van der Waals surface area contributed by atoms with Crippen LogP contribution >= 0.6 is 23.5 Å². The first kappa shape index (κ1) is 19.0. The van der Waals surface area contributed by atoms with E-state index in [1.54, 1.807) is 6.21 Å². The van der Waals surface area contributed by atoms with Crippen LogP contribution in [-0.2, 0) is 12.3 Å². The average molecular weight is 385 g/mol. The molecule has 0 unspecified atom stereocenters. The zero-order chi connectivity index (χ0) is 18.0. The number of rotatable bonds is 6. The molecule has 1 aliphatic heterocycles. The molecule has 2 aromatic carbocycles. The van der Waals surface area contributed by atoms with Crippen molar-refractivity contribution in [1.29, 1.82) is 0 Å². The van der Waals surface area contributed by atoms with Gasteiger partial charge in [0.2, 0.25) is 0 Å². The van der Waals surface area contributed by atoms with Gasteiger partial charge >= 0.3 is 0 Å². The van der Waals surface area contributed by atoms with Crippen LogP contribution in [0.15, 0.2) is 64.8 Å². The molecule has 0 aliphatic carbocycles. The molecule has 2 N–H and O–H groups in total. The Morgan fingerprint density at radius 2 is 1.85 bits per heavy atom. The monoisotopic (exact) mass is 384 g/mol. The number of thioether (sulfide) groups is 2. The van der Waals surface area contributed by atoms with Crippen LogP contribution < -0.4 is 5.73 Å². The van der Waals surface area contributed by atoms with Crippen LogP contribution in [0.2, 0.25) is 0 Å². The van der Waals surface area contributed by atoms with E-state index in [1.165, 1.54) is 47.5 Å². The van der Waals surface area contributed by atoms with Gasteiger partial charge in [-0.25, -0.2) is 0 Å². The highest BCUT2D eigenvalue weighted by Gasteiger charge is 2.10. The molecule has 0 bridgehead atoms. The third kappa shape index (κ3) is 6.52. The van der Waals surface area contributed by atoms with E-state index >= 15 is 0 Å². The van der Waals surface area contributed by atoms with Crippen LogP contribution in [-0.4, -0.2) is 40.9 Å². The third-order valence-corrected chi connectivity index (χ3v) is 5.85. The first-order valence-corrected chi connectivity index (χ1v) is 10.9. The highest BCUT2D eigenvalue weighted by molar-refractivity contribution is 8.13. The summed E-state index contributed by atoms with van der Waals surface area (Å²) in [5, 5.41) is 8.71. The number of hydrogen-bond acceptors (Lipinski definition) is 5. The lowest BCUT2D eigenvalue weighted by Crippen LogP contribution is -2.31. The third-order valence-electron chi connectivity index (χ3n) is 4.05. The topological polar surface area (TPSA) is 54.0 Å². The first-order chi connectivity index (χ1) is 12.8. The van der Waals surface area contributed by atoms with Gasteiger partial charge in [0.15, 0.2) is 5.17 Å². The molecule has 1 aliphatic rings. The SMILES string of the molecule is NC(=NN=Cc1cccc(CN2CCSCC2)c1)SCc1ccccc1. The summed E-state index contributed by atoms with van der Waals surface area (Å²) >= 11 is 3.53. The van der Waals surface area contributed by atoms with Gasteiger partial charge in [0, 0.05) is 36.9 Å². The molecule has 0 spiro atoms. The van der Waals surface area contributed by atoms with E-state index in [0.29, 0.717) is 5.17 Å². The van der Waals surface area contributed by atoms with Gasteiger partial charge in [0.25, 0.3) is 0 Å². The van der Waals surface area contributed by atoms with E-state index in [1.807, 2.05) is 36.0 Å². The van der Waals surface area contributed by atoms with Crippen molar-refractivity contribution in [3.63, 3.8) is 0 Å². The molecule has 6 heteroatoms. The molecule has 4 nitrogen and oxygen atoms in total. The minimum Gasteiger partial charge on any atom is -0.377 e. The average Bonchev–Trinajstić information content (AvgIpc) is 2.68. The van der Waals surface area contributed by atoms with Crippen molar-refractivity contribution in [2.45, 2.75) is 12.3 Å². The molecule has 0 amide bonds. The number of nitrogens with zero attached hydrogens (tertiary/aromatic N) is 3. The smallest absolute Gasteiger partial charge is 0.180 e. The normalized spacial score (nSPS) is 16.2. The fourth-order valence-electron chi connectivity index (χ4n) is 2.70. The summed E-state index contributed by atoms with van der Waals surface area (Å²) in [7, 11) is 0. The lowest BCUT2D eigenvalue weighted by Gasteiger charge is -2.26. The molecule has 2 aromatic rings. The molecule has 0 aromatic heterocycles. The predicted octanol–water partition coefficient (Wildman–Crippen LogP) is 3.82. The molecular formula is C20H24N4S2. The second-order valence-corrected chi connectivity index (χ2v) is 8.31. The molecule has 1 saturated heterocycles. The van der Waals surface area contributed by atoms with Crippen molar-refractivity contribution >= 4 is 34.9 Å². The van der Waals surface area contributed by atoms with Crippen molar-refractivity contribution in [3.8, 4) is 0 Å². The Kier molecular flexibility index (Phi) is 7.61. The van der Waals surface area contributed by atoms with Crippen LogP contribution in [0.25, 0.3) is 0 Å². The zero-order valence-electron chi connectivity index (χ0n) is 14.8. The van der Waals surface area contributed by atoms with Gasteiger partial charge in [0.1, 0.15) is 0 Å².